The van der Waals surface area contributed by atoms with Gasteiger partial charge in [0.25, 0.3) is 11.8 Å². The summed E-state index contributed by atoms with van der Waals surface area (Å²) in [6.45, 7) is 5.94. The summed E-state index contributed by atoms with van der Waals surface area (Å²) in [5.41, 5.74) is 1.11. The Morgan fingerprint density at radius 1 is 1.19 bits per heavy atom. The molecule has 0 aromatic heterocycles. The molecule has 2 fully saturated rings. The zero-order chi connectivity index (χ0) is 22.2. The summed E-state index contributed by atoms with van der Waals surface area (Å²) in [6.07, 6.45) is 2.18. The number of imide groups is 2. The minimum absolute atomic E-state index is 0.107. The third-order valence-electron chi connectivity index (χ3n) is 5.97. The first-order chi connectivity index (χ1) is 14.8. The highest BCUT2D eigenvalue weighted by atomic mass is 16.5. The quantitative estimate of drug-likeness (QED) is 0.432. The second-order valence-corrected chi connectivity index (χ2v) is 8.77. The lowest BCUT2D eigenvalue weighted by molar-refractivity contribution is -0.136. The number of ether oxygens (including phenoxy) is 1. The van der Waals surface area contributed by atoms with Gasteiger partial charge in [-0.15, -0.1) is 0 Å². The summed E-state index contributed by atoms with van der Waals surface area (Å²) in [5, 5.41) is 9.00. The highest BCUT2D eigenvalue weighted by Gasteiger charge is 2.45. The van der Waals surface area contributed by atoms with Gasteiger partial charge in [-0.25, -0.2) is 0 Å². The van der Waals surface area contributed by atoms with Gasteiger partial charge >= 0.3 is 0 Å². The van der Waals surface area contributed by atoms with Crippen molar-refractivity contribution in [1.82, 2.24) is 20.9 Å². The van der Waals surface area contributed by atoms with E-state index >= 15 is 0 Å². The highest BCUT2D eigenvalue weighted by Crippen LogP contribution is 2.30. The highest BCUT2D eigenvalue weighted by molar-refractivity contribution is 6.24. The predicted molar refractivity (Wildman–Crippen MR) is 111 cm³/mol. The number of hydrogen-bond acceptors (Lipinski definition) is 7. The fourth-order valence-corrected chi connectivity index (χ4v) is 4.47. The molecule has 0 bridgehead atoms. The number of hydrogen-bond donors (Lipinski definition) is 3. The number of carbonyl (C=O) groups is 4. The van der Waals surface area contributed by atoms with Crippen LogP contribution in [0.25, 0.3) is 0 Å². The van der Waals surface area contributed by atoms with Crippen LogP contribution in [-0.4, -0.2) is 59.5 Å². The molecule has 166 valence electrons. The van der Waals surface area contributed by atoms with Crippen LogP contribution >= 0.6 is 0 Å². The Morgan fingerprint density at radius 3 is 2.71 bits per heavy atom. The second-order valence-electron chi connectivity index (χ2n) is 8.77. The maximum atomic E-state index is 13.1. The van der Waals surface area contributed by atoms with Gasteiger partial charge in [0, 0.05) is 19.0 Å². The summed E-state index contributed by atoms with van der Waals surface area (Å²) < 4.78 is 5.67. The Bertz CT molecular complexity index is 928. The predicted octanol–water partition coefficient (Wildman–Crippen LogP) is 0.682. The molecule has 3 aliphatic heterocycles. The first kappa shape index (κ1) is 21.6. The summed E-state index contributed by atoms with van der Waals surface area (Å²) in [6, 6.07) is 4.56. The number of fused-ring (bicyclic) bond motifs is 1. The molecule has 0 spiro atoms. The topological polar surface area (TPSA) is 117 Å². The number of benzene rings is 1. The molecule has 1 aromatic carbocycles. The number of nitrogens with one attached hydrogen (secondary N) is 3. The standard InChI is InChI=1S/C22H28N4O5/c1-22(2)25-14(12-31-22)6-4-10-23-11-13-5-3-7-15-18(13)21(30)26(20(15)29)16-8-9-17(27)24-19(16)28/h3,5,7,14,16,23,25H,4,6,8-12H2,1-2H3,(H,24,27,28)/t14-,16?/m0/s1. The lowest BCUT2D eigenvalue weighted by Crippen LogP contribution is -2.54. The third-order valence-corrected chi connectivity index (χ3v) is 5.97. The van der Waals surface area contributed by atoms with Gasteiger partial charge in [-0.1, -0.05) is 12.1 Å². The SMILES string of the molecule is CC1(C)N[C@@H](CCCNCc2cccc3c2C(=O)N(C2CCC(=O)NC2=O)C3=O)CO1. The maximum absolute atomic E-state index is 13.1. The van der Waals surface area contributed by atoms with Gasteiger partial charge in [0.15, 0.2) is 0 Å². The van der Waals surface area contributed by atoms with E-state index in [0.717, 1.165) is 29.8 Å². The molecule has 1 unspecified atom stereocenters. The van der Waals surface area contributed by atoms with E-state index in [2.05, 4.69) is 16.0 Å². The molecule has 9 heteroatoms. The number of amides is 4. The molecule has 1 aromatic rings. The first-order valence-corrected chi connectivity index (χ1v) is 10.7. The molecular weight excluding hydrogens is 400 g/mol. The number of nitrogens with zero attached hydrogens (tertiary/aromatic N) is 1. The Labute approximate surface area is 180 Å². The molecule has 0 radical (unpaired) electrons. The molecule has 3 N–H and O–H groups in total. The van der Waals surface area contributed by atoms with Crippen LogP contribution in [0, 0.1) is 0 Å². The molecule has 9 nitrogen and oxygen atoms in total. The minimum Gasteiger partial charge on any atom is -0.360 e. The van der Waals surface area contributed by atoms with Crippen LogP contribution in [0.2, 0.25) is 0 Å². The lowest BCUT2D eigenvalue weighted by atomic mass is 10.0. The van der Waals surface area contributed by atoms with Crippen LogP contribution in [-0.2, 0) is 20.9 Å². The normalized spacial score (nSPS) is 25.2. The molecule has 0 saturated carbocycles. The molecule has 2 atom stereocenters. The number of piperidine rings is 1. The Balaban J connectivity index is 1.36. The second kappa shape index (κ2) is 8.49. The summed E-state index contributed by atoms with van der Waals surface area (Å²) in [7, 11) is 0. The number of rotatable bonds is 7. The molecule has 0 aliphatic carbocycles. The average molecular weight is 428 g/mol. The molecule has 4 rings (SSSR count). The van der Waals surface area contributed by atoms with Crippen molar-refractivity contribution < 1.29 is 23.9 Å². The van der Waals surface area contributed by atoms with Crippen molar-refractivity contribution in [1.29, 1.82) is 0 Å². The fraction of sp³-hybridized carbons (Fsp3) is 0.545. The molecule has 31 heavy (non-hydrogen) atoms. The molecular formula is C22H28N4O5. The van der Waals surface area contributed by atoms with E-state index in [1.807, 2.05) is 19.9 Å². The van der Waals surface area contributed by atoms with Crippen molar-refractivity contribution >= 4 is 23.6 Å². The van der Waals surface area contributed by atoms with Crippen LogP contribution in [0.3, 0.4) is 0 Å². The van der Waals surface area contributed by atoms with Gasteiger partial charge in [-0.05, 0) is 51.3 Å². The zero-order valence-electron chi connectivity index (χ0n) is 17.8. The minimum atomic E-state index is -0.948. The van der Waals surface area contributed by atoms with Crippen molar-refractivity contribution in [3.8, 4) is 0 Å². The lowest BCUT2D eigenvalue weighted by Gasteiger charge is -2.27. The van der Waals surface area contributed by atoms with Gasteiger partial charge < -0.3 is 10.1 Å². The Hall–Kier alpha value is -2.62. The van der Waals surface area contributed by atoms with Gasteiger partial charge in [0.1, 0.15) is 11.8 Å². The van der Waals surface area contributed by atoms with Crippen molar-refractivity contribution in [2.24, 2.45) is 0 Å². The zero-order valence-corrected chi connectivity index (χ0v) is 17.8. The van der Waals surface area contributed by atoms with E-state index in [9.17, 15) is 19.2 Å². The monoisotopic (exact) mass is 428 g/mol. The van der Waals surface area contributed by atoms with E-state index in [1.165, 1.54) is 0 Å². The fourth-order valence-electron chi connectivity index (χ4n) is 4.47. The first-order valence-electron chi connectivity index (χ1n) is 10.7. The van der Waals surface area contributed by atoms with E-state index in [1.54, 1.807) is 12.1 Å². The summed E-state index contributed by atoms with van der Waals surface area (Å²) >= 11 is 0. The van der Waals surface area contributed by atoms with Gasteiger partial charge in [0.2, 0.25) is 11.8 Å². The van der Waals surface area contributed by atoms with Crippen molar-refractivity contribution in [3.05, 3.63) is 34.9 Å². The molecule has 3 aliphatic rings. The smallest absolute Gasteiger partial charge is 0.262 e. The van der Waals surface area contributed by atoms with Crippen LogP contribution in [0.5, 0.6) is 0 Å². The van der Waals surface area contributed by atoms with E-state index in [-0.39, 0.29) is 24.5 Å². The summed E-state index contributed by atoms with van der Waals surface area (Å²) in [4.78, 5) is 50.6. The van der Waals surface area contributed by atoms with Gasteiger partial charge in [-0.3, -0.25) is 34.7 Å². The van der Waals surface area contributed by atoms with Gasteiger partial charge in [0.05, 0.1) is 17.7 Å². The van der Waals surface area contributed by atoms with Crippen LogP contribution in [0.1, 0.15) is 65.8 Å². The van der Waals surface area contributed by atoms with E-state index < -0.39 is 23.8 Å². The van der Waals surface area contributed by atoms with Crippen molar-refractivity contribution in [2.45, 2.75) is 63.9 Å². The Kier molecular flexibility index (Phi) is 5.92. The average Bonchev–Trinajstić information content (AvgIpc) is 3.19. The van der Waals surface area contributed by atoms with Crippen molar-refractivity contribution in [3.63, 3.8) is 0 Å². The maximum Gasteiger partial charge on any atom is 0.262 e. The van der Waals surface area contributed by atoms with E-state index in [4.69, 9.17) is 4.74 Å². The summed E-state index contributed by atoms with van der Waals surface area (Å²) in [5.74, 6) is -1.93. The number of carbonyl (C=O) groups excluding carboxylic acids is 4. The van der Waals surface area contributed by atoms with Gasteiger partial charge in [-0.2, -0.15) is 0 Å². The van der Waals surface area contributed by atoms with Crippen LogP contribution in [0.15, 0.2) is 18.2 Å². The largest absolute Gasteiger partial charge is 0.360 e. The molecule has 2 saturated heterocycles. The van der Waals surface area contributed by atoms with Crippen molar-refractivity contribution in [2.75, 3.05) is 13.2 Å². The van der Waals surface area contributed by atoms with E-state index in [0.29, 0.717) is 30.3 Å². The molecule has 4 amide bonds. The van der Waals surface area contributed by atoms with Crippen LogP contribution in [0.4, 0.5) is 0 Å². The Morgan fingerprint density at radius 2 is 2.00 bits per heavy atom. The third kappa shape index (κ3) is 4.39. The van der Waals surface area contributed by atoms with Crippen LogP contribution < -0.4 is 16.0 Å². The molecule has 3 heterocycles.